The van der Waals surface area contributed by atoms with Crippen LogP contribution in [0.15, 0.2) is 18.2 Å². The molecule has 0 aliphatic carbocycles. The second-order valence-corrected chi connectivity index (χ2v) is 6.63. The summed E-state index contributed by atoms with van der Waals surface area (Å²) in [6, 6.07) is 5.50. The fourth-order valence-electron chi connectivity index (χ4n) is 2.98. The first-order valence-corrected chi connectivity index (χ1v) is 8.36. The molecule has 0 bridgehead atoms. The van der Waals surface area contributed by atoms with E-state index in [2.05, 4.69) is 5.32 Å². The minimum Gasteiger partial charge on any atom is -0.353 e. The Hall–Kier alpha value is -0.810. The van der Waals surface area contributed by atoms with E-state index >= 15 is 0 Å². The van der Waals surface area contributed by atoms with Crippen molar-refractivity contribution >= 4 is 29.1 Å². The van der Waals surface area contributed by atoms with Crippen molar-refractivity contribution in [3.63, 3.8) is 0 Å². The average Bonchev–Trinajstić information content (AvgIpc) is 2.53. The maximum absolute atomic E-state index is 11.6. The quantitative estimate of drug-likeness (QED) is 0.911. The molecular formula is C16H19Cl2NO3. The van der Waals surface area contributed by atoms with E-state index < -0.39 is 5.60 Å². The van der Waals surface area contributed by atoms with Crippen LogP contribution in [0, 0.1) is 0 Å². The lowest BCUT2D eigenvalue weighted by molar-refractivity contribution is -0.233. The summed E-state index contributed by atoms with van der Waals surface area (Å²) >= 11 is 12.2. The van der Waals surface area contributed by atoms with Crippen LogP contribution in [-0.4, -0.2) is 25.3 Å². The first-order valence-electron chi connectivity index (χ1n) is 7.61. The van der Waals surface area contributed by atoms with Crippen LogP contribution in [0.1, 0.15) is 37.7 Å². The monoisotopic (exact) mass is 343 g/mol. The molecule has 6 heteroatoms. The standard InChI is InChI=1S/C16H19Cl2NO3/c17-12-5-4-11(9-13(12)18)16(7-6-14(20)19-10-16)22-15-3-1-2-8-21-15/h4-5,9,15H,1-3,6-8,10H2,(H,19,20). The zero-order valence-corrected chi connectivity index (χ0v) is 13.8. The van der Waals surface area contributed by atoms with Crippen LogP contribution in [0.25, 0.3) is 0 Å². The third kappa shape index (κ3) is 3.40. The SMILES string of the molecule is O=C1CCC(OC2CCCCO2)(c2ccc(Cl)c(Cl)c2)CN1. The van der Waals surface area contributed by atoms with E-state index in [1.807, 2.05) is 12.1 Å². The molecule has 0 aromatic heterocycles. The van der Waals surface area contributed by atoms with E-state index in [0.717, 1.165) is 24.8 Å². The average molecular weight is 344 g/mol. The number of nitrogens with one attached hydrogen (secondary N) is 1. The first kappa shape index (κ1) is 16.1. The molecule has 2 atom stereocenters. The van der Waals surface area contributed by atoms with Crippen molar-refractivity contribution in [1.82, 2.24) is 5.32 Å². The van der Waals surface area contributed by atoms with Crippen molar-refractivity contribution in [1.29, 1.82) is 0 Å². The lowest BCUT2D eigenvalue weighted by Gasteiger charge is -2.41. The van der Waals surface area contributed by atoms with E-state index in [0.29, 0.717) is 36.0 Å². The van der Waals surface area contributed by atoms with Gasteiger partial charge in [0.05, 0.1) is 16.6 Å². The van der Waals surface area contributed by atoms with Crippen molar-refractivity contribution in [3.05, 3.63) is 33.8 Å². The van der Waals surface area contributed by atoms with Crippen molar-refractivity contribution in [2.24, 2.45) is 0 Å². The summed E-state index contributed by atoms with van der Waals surface area (Å²) in [5.41, 5.74) is 0.320. The van der Waals surface area contributed by atoms with Gasteiger partial charge in [-0.25, -0.2) is 0 Å². The third-order valence-corrected chi connectivity index (χ3v) is 5.01. The van der Waals surface area contributed by atoms with Gasteiger partial charge in [-0.05, 0) is 43.4 Å². The van der Waals surface area contributed by atoms with Crippen LogP contribution in [0.5, 0.6) is 0 Å². The molecule has 120 valence electrons. The molecular weight excluding hydrogens is 325 g/mol. The van der Waals surface area contributed by atoms with Crippen LogP contribution in [0.2, 0.25) is 10.0 Å². The molecule has 2 saturated heterocycles. The molecule has 2 unspecified atom stereocenters. The van der Waals surface area contributed by atoms with Gasteiger partial charge in [-0.2, -0.15) is 0 Å². The number of rotatable bonds is 3. The van der Waals surface area contributed by atoms with E-state index in [4.69, 9.17) is 32.7 Å². The van der Waals surface area contributed by atoms with Crippen molar-refractivity contribution in [2.45, 2.75) is 44.0 Å². The minimum atomic E-state index is -0.607. The molecule has 2 heterocycles. The van der Waals surface area contributed by atoms with E-state index in [-0.39, 0.29) is 12.2 Å². The highest BCUT2D eigenvalue weighted by Gasteiger charge is 2.40. The van der Waals surface area contributed by atoms with Crippen LogP contribution in [0.3, 0.4) is 0 Å². The van der Waals surface area contributed by atoms with Crippen LogP contribution in [0.4, 0.5) is 0 Å². The number of carbonyl (C=O) groups is 1. The van der Waals surface area contributed by atoms with Crippen molar-refractivity contribution in [2.75, 3.05) is 13.2 Å². The normalized spacial score (nSPS) is 29.2. The summed E-state index contributed by atoms with van der Waals surface area (Å²) in [6.07, 6.45) is 3.82. The highest BCUT2D eigenvalue weighted by atomic mass is 35.5. The molecule has 0 saturated carbocycles. The molecule has 4 nitrogen and oxygen atoms in total. The zero-order chi connectivity index (χ0) is 15.6. The number of benzene rings is 1. The molecule has 2 aliphatic rings. The van der Waals surface area contributed by atoms with Gasteiger partial charge in [0, 0.05) is 13.0 Å². The molecule has 1 amide bonds. The van der Waals surface area contributed by atoms with Gasteiger partial charge in [0.15, 0.2) is 6.29 Å². The summed E-state index contributed by atoms with van der Waals surface area (Å²) in [6.45, 7) is 1.14. The highest BCUT2D eigenvalue weighted by molar-refractivity contribution is 6.42. The maximum atomic E-state index is 11.6. The largest absolute Gasteiger partial charge is 0.353 e. The van der Waals surface area contributed by atoms with Gasteiger partial charge in [-0.1, -0.05) is 29.3 Å². The summed E-state index contributed by atoms with van der Waals surface area (Å²) in [7, 11) is 0. The number of piperidine rings is 1. The summed E-state index contributed by atoms with van der Waals surface area (Å²) in [5, 5.41) is 3.90. The Morgan fingerprint density at radius 3 is 2.77 bits per heavy atom. The van der Waals surface area contributed by atoms with Crippen LogP contribution < -0.4 is 5.32 Å². The summed E-state index contributed by atoms with van der Waals surface area (Å²) < 4.78 is 12.0. The number of halogens is 2. The Balaban J connectivity index is 1.87. The van der Waals surface area contributed by atoms with Gasteiger partial charge in [0.2, 0.25) is 5.91 Å². The predicted molar refractivity (Wildman–Crippen MR) is 85.1 cm³/mol. The number of ether oxygens (including phenoxy) is 2. The second kappa shape index (κ2) is 6.75. The van der Waals surface area contributed by atoms with Crippen LogP contribution in [-0.2, 0) is 19.9 Å². The predicted octanol–water partition coefficient (Wildman–Crippen LogP) is 3.64. The minimum absolute atomic E-state index is 0.0452. The van der Waals surface area contributed by atoms with Gasteiger partial charge in [0.1, 0.15) is 5.60 Å². The zero-order valence-electron chi connectivity index (χ0n) is 12.2. The van der Waals surface area contributed by atoms with Crippen LogP contribution >= 0.6 is 23.2 Å². The topological polar surface area (TPSA) is 47.6 Å². The second-order valence-electron chi connectivity index (χ2n) is 5.81. The molecule has 1 aromatic carbocycles. The fraction of sp³-hybridized carbons (Fsp3) is 0.562. The smallest absolute Gasteiger partial charge is 0.220 e. The first-order chi connectivity index (χ1) is 10.6. The van der Waals surface area contributed by atoms with E-state index in [1.54, 1.807) is 6.07 Å². The lowest BCUT2D eigenvalue weighted by Crippen LogP contribution is -2.50. The third-order valence-electron chi connectivity index (χ3n) is 4.27. The van der Waals surface area contributed by atoms with Gasteiger partial charge >= 0.3 is 0 Å². The number of hydrogen-bond donors (Lipinski definition) is 1. The Labute approximate surface area is 140 Å². The molecule has 2 aliphatic heterocycles. The van der Waals surface area contributed by atoms with Gasteiger partial charge in [-0.15, -0.1) is 0 Å². The Morgan fingerprint density at radius 1 is 1.27 bits per heavy atom. The summed E-state index contributed by atoms with van der Waals surface area (Å²) in [4.78, 5) is 11.6. The fourth-order valence-corrected chi connectivity index (χ4v) is 3.28. The summed E-state index contributed by atoms with van der Waals surface area (Å²) in [5.74, 6) is 0.0452. The van der Waals surface area contributed by atoms with E-state index in [1.165, 1.54) is 0 Å². The lowest BCUT2D eigenvalue weighted by atomic mass is 9.86. The Morgan fingerprint density at radius 2 is 2.14 bits per heavy atom. The molecule has 3 rings (SSSR count). The number of carbonyl (C=O) groups excluding carboxylic acids is 1. The molecule has 2 fully saturated rings. The van der Waals surface area contributed by atoms with Gasteiger partial charge < -0.3 is 14.8 Å². The number of hydrogen-bond acceptors (Lipinski definition) is 3. The van der Waals surface area contributed by atoms with Gasteiger partial charge in [0.25, 0.3) is 0 Å². The van der Waals surface area contributed by atoms with Crippen molar-refractivity contribution in [3.8, 4) is 0 Å². The Kier molecular flexibility index (Phi) is 4.93. The number of amides is 1. The maximum Gasteiger partial charge on any atom is 0.220 e. The highest BCUT2D eigenvalue weighted by Crippen LogP contribution is 2.38. The molecule has 0 radical (unpaired) electrons. The van der Waals surface area contributed by atoms with E-state index in [9.17, 15) is 4.79 Å². The molecule has 1 aromatic rings. The van der Waals surface area contributed by atoms with Crippen molar-refractivity contribution < 1.29 is 14.3 Å². The molecule has 0 spiro atoms. The molecule has 1 N–H and O–H groups in total. The van der Waals surface area contributed by atoms with Gasteiger partial charge in [-0.3, -0.25) is 4.79 Å². The molecule has 22 heavy (non-hydrogen) atoms. The Bertz CT molecular complexity index is 548.